The lowest BCUT2D eigenvalue weighted by atomic mass is 10.3. The Kier molecular flexibility index (Phi) is 5.55. The fraction of sp³-hybridized carbons (Fsp3) is 0.120. The number of hydrogen-bond acceptors (Lipinski definition) is 7. The minimum atomic E-state index is 0.150. The van der Waals surface area contributed by atoms with E-state index in [0.717, 1.165) is 28.5 Å². The molecule has 33 heavy (non-hydrogen) atoms. The Morgan fingerprint density at radius 1 is 0.788 bits per heavy atom. The number of ether oxygens (including phenoxy) is 1. The normalized spacial score (nSPS) is 11.0. The summed E-state index contributed by atoms with van der Waals surface area (Å²) in [5.41, 5.74) is 3.22. The predicted molar refractivity (Wildman–Crippen MR) is 129 cm³/mol. The van der Waals surface area contributed by atoms with Gasteiger partial charge in [-0.25, -0.2) is 15.0 Å². The van der Waals surface area contributed by atoms with Crippen LogP contribution in [0.4, 0.5) is 23.1 Å². The molecule has 5 rings (SSSR count). The molecule has 8 heteroatoms. The number of benzene rings is 2. The van der Waals surface area contributed by atoms with E-state index in [0.29, 0.717) is 17.3 Å². The Hall–Kier alpha value is -4.46. The van der Waals surface area contributed by atoms with Crippen molar-refractivity contribution in [2.75, 3.05) is 10.6 Å². The van der Waals surface area contributed by atoms with Crippen molar-refractivity contribution in [3.05, 3.63) is 85.5 Å². The third-order valence-electron chi connectivity index (χ3n) is 5.03. The van der Waals surface area contributed by atoms with Crippen LogP contribution in [0, 0.1) is 0 Å². The van der Waals surface area contributed by atoms with Gasteiger partial charge in [0.1, 0.15) is 17.8 Å². The maximum Gasteiger partial charge on any atom is 0.210 e. The van der Waals surface area contributed by atoms with Crippen molar-refractivity contribution in [3.63, 3.8) is 0 Å². The van der Waals surface area contributed by atoms with Crippen LogP contribution in [0.15, 0.2) is 85.5 Å². The van der Waals surface area contributed by atoms with Crippen LogP contribution in [-0.2, 0) is 0 Å². The quantitative estimate of drug-likeness (QED) is 0.319. The third-order valence-corrected chi connectivity index (χ3v) is 5.03. The van der Waals surface area contributed by atoms with Gasteiger partial charge >= 0.3 is 0 Å². The molecule has 0 aliphatic rings. The Balaban J connectivity index is 1.43. The van der Waals surface area contributed by atoms with E-state index in [-0.39, 0.29) is 6.04 Å². The summed E-state index contributed by atoms with van der Waals surface area (Å²) in [7, 11) is 0. The second kappa shape index (κ2) is 8.96. The summed E-state index contributed by atoms with van der Waals surface area (Å²) in [6.07, 6.45) is 5.03. The van der Waals surface area contributed by atoms with Crippen molar-refractivity contribution in [1.29, 1.82) is 0 Å². The summed E-state index contributed by atoms with van der Waals surface area (Å²) in [4.78, 5) is 17.8. The highest BCUT2D eigenvalue weighted by Crippen LogP contribution is 2.30. The SMILES string of the molecule is CC(C)n1c(Nc2ccncc2)nc2c(Nc3ccc(Oc4ccccc4)cc3)ncnc21. The fourth-order valence-electron chi connectivity index (χ4n) is 3.51. The van der Waals surface area contributed by atoms with Crippen molar-refractivity contribution < 1.29 is 4.74 Å². The zero-order valence-corrected chi connectivity index (χ0v) is 18.3. The van der Waals surface area contributed by atoms with E-state index in [1.165, 1.54) is 0 Å². The first-order chi connectivity index (χ1) is 16.2. The van der Waals surface area contributed by atoms with E-state index in [4.69, 9.17) is 9.72 Å². The molecule has 0 saturated heterocycles. The predicted octanol–water partition coefficient (Wildman–Crippen LogP) is 6.08. The fourth-order valence-corrected chi connectivity index (χ4v) is 3.51. The van der Waals surface area contributed by atoms with E-state index in [1.54, 1.807) is 18.7 Å². The van der Waals surface area contributed by atoms with Crippen LogP contribution in [0.25, 0.3) is 11.2 Å². The molecule has 0 aliphatic heterocycles. The van der Waals surface area contributed by atoms with E-state index in [1.807, 2.05) is 66.7 Å². The van der Waals surface area contributed by atoms with E-state index < -0.39 is 0 Å². The molecule has 3 aromatic heterocycles. The van der Waals surface area contributed by atoms with Crippen molar-refractivity contribution >= 4 is 34.3 Å². The standard InChI is InChI=1S/C25H23N7O/c1-17(2)32-24-22(31-25(32)30-19-12-14-26-15-13-19)23(27-16-28-24)29-18-8-10-21(11-9-18)33-20-6-4-3-5-7-20/h3-17H,1-2H3,(H,26,30,31)(H,27,28,29). The highest BCUT2D eigenvalue weighted by molar-refractivity contribution is 5.88. The highest BCUT2D eigenvalue weighted by Gasteiger charge is 2.18. The summed E-state index contributed by atoms with van der Waals surface area (Å²) in [6, 6.07) is 21.4. The highest BCUT2D eigenvalue weighted by atomic mass is 16.5. The molecular weight excluding hydrogens is 414 g/mol. The minimum Gasteiger partial charge on any atom is -0.457 e. The van der Waals surface area contributed by atoms with Gasteiger partial charge in [0.15, 0.2) is 17.0 Å². The average molecular weight is 438 g/mol. The molecule has 0 spiro atoms. The summed E-state index contributed by atoms with van der Waals surface area (Å²) < 4.78 is 7.93. The van der Waals surface area contributed by atoms with E-state index in [9.17, 15) is 0 Å². The minimum absolute atomic E-state index is 0.150. The molecule has 2 N–H and O–H groups in total. The third kappa shape index (κ3) is 4.45. The monoisotopic (exact) mass is 437 g/mol. The van der Waals surface area contributed by atoms with Gasteiger partial charge in [-0.3, -0.25) is 9.55 Å². The smallest absolute Gasteiger partial charge is 0.210 e. The largest absolute Gasteiger partial charge is 0.457 e. The number of aromatic nitrogens is 5. The first-order valence-corrected chi connectivity index (χ1v) is 10.7. The van der Waals surface area contributed by atoms with Crippen LogP contribution < -0.4 is 15.4 Å². The molecule has 0 saturated carbocycles. The molecule has 0 radical (unpaired) electrons. The molecule has 8 nitrogen and oxygen atoms in total. The molecular formula is C25H23N7O. The topological polar surface area (TPSA) is 89.8 Å². The number of rotatable bonds is 7. The van der Waals surface area contributed by atoms with Gasteiger partial charge in [0, 0.05) is 29.8 Å². The zero-order chi connectivity index (χ0) is 22.6. The Labute approximate surface area is 191 Å². The van der Waals surface area contributed by atoms with E-state index in [2.05, 4.69) is 44.0 Å². The van der Waals surface area contributed by atoms with Gasteiger partial charge in [0.25, 0.3) is 0 Å². The number of nitrogens with one attached hydrogen (secondary N) is 2. The molecule has 0 amide bonds. The number of nitrogens with zero attached hydrogens (tertiary/aromatic N) is 5. The second-order valence-electron chi connectivity index (χ2n) is 7.72. The number of anilines is 4. The van der Waals surface area contributed by atoms with Gasteiger partial charge in [0.2, 0.25) is 5.95 Å². The number of pyridine rings is 1. The number of imidazole rings is 1. The maximum absolute atomic E-state index is 5.87. The number of fused-ring (bicyclic) bond motifs is 1. The van der Waals surface area contributed by atoms with Gasteiger partial charge in [-0.15, -0.1) is 0 Å². The maximum atomic E-state index is 5.87. The summed E-state index contributed by atoms with van der Waals surface area (Å²) in [5, 5.41) is 6.73. The zero-order valence-electron chi connectivity index (χ0n) is 18.3. The molecule has 3 heterocycles. The molecule has 0 aliphatic carbocycles. The van der Waals surface area contributed by atoms with Crippen LogP contribution in [0.5, 0.6) is 11.5 Å². The van der Waals surface area contributed by atoms with Crippen LogP contribution in [0.1, 0.15) is 19.9 Å². The molecule has 5 aromatic rings. The Bertz CT molecular complexity index is 1350. The first-order valence-electron chi connectivity index (χ1n) is 10.7. The van der Waals surface area contributed by atoms with Crippen LogP contribution in [-0.4, -0.2) is 24.5 Å². The summed E-state index contributed by atoms with van der Waals surface area (Å²) in [5.74, 6) is 2.88. The lowest BCUT2D eigenvalue weighted by Crippen LogP contribution is -2.07. The van der Waals surface area contributed by atoms with Crippen molar-refractivity contribution in [3.8, 4) is 11.5 Å². The molecule has 2 aromatic carbocycles. The van der Waals surface area contributed by atoms with Gasteiger partial charge in [-0.1, -0.05) is 18.2 Å². The van der Waals surface area contributed by atoms with Crippen molar-refractivity contribution in [1.82, 2.24) is 24.5 Å². The average Bonchev–Trinajstić information content (AvgIpc) is 3.21. The number of para-hydroxylation sites is 1. The molecule has 164 valence electrons. The van der Waals surface area contributed by atoms with Gasteiger partial charge in [0.05, 0.1) is 0 Å². The summed E-state index contributed by atoms with van der Waals surface area (Å²) >= 11 is 0. The summed E-state index contributed by atoms with van der Waals surface area (Å²) in [6.45, 7) is 4.19. The molecule has 0 fully saturated rings. The molecule has 0 unspecified atom stereocenters. The lowest BCUT2D eigenvalue weighted by Gasteiger charge is -2.13. The molecule has 0 atom stereocenters. The van der Waals surface area contributed by atoms with E-state index >= 15 is 0 Å². The van der Waals surface area contributed by atoms with Crippen molar-refractivity contribution in [2.45, 2.75) is 19.9 Å². The van der Waals surface area contributed by atoms with Crippen LogP contribution >= 0.6 is 0 Å². The van der Waals surface area contributed by atoms with Gasteiger partial charge in [-0.05, 0) is 62.4 Å². The van der Waals surface area contributed by atoms with Crippen LogP contribution in [0.2, 0.25) is 0 Å². The van der Waals surface area contributed by atoms with Crippen LogP contribution in [0.3, 0.4) is 0 Å². The van der Waals surface area contributed by atoms with Gasteiger partial charge < -0.3 is 15.4 Å². The second-order valence-corrected chi connectivity index (χ2v) is 7.72. The Morgan fingerprint density at radius 2 is 1.48 bits per heavy atom. The van der Waals surface area contributed by atoms with Gasteiger partial charge in [-0.2, -0.15) is 0 Å². The van der Waals surface area contributed by atoms with Crippen molar-refractivity contribution in [2.24, 2.45) is 0 Å². The Morgan fingerprint density at radius 3 is 2.21 bits per heavy atom. The molecule has 0 bridgehead atoms. The number of hydrogen-bond donors (Lipinski definition) is 2. The first kappa shape index (κ1) is 20.4. The lowest BCUT2D eigenvalue weighted by molar-refractivity contribution is 0.483.